The summed E-state index contributed by atoms with van der Waals surface area (Å²) in [6.45, 7) is 0. The van der Waals surface area contributed by atoms with Crippen molar-refractivity contribution in [2.45, 2.75) is 11.5 Å². The highest BCUT2D eigenvalue weighted by molar-refractivity contribution is 7.97. The SMILES string of the molecule is c1ccc(CSCc2nnnn2-c2ccccc2)cc1. The van der Waals surface area contributed by atoms with E-state index in [9.17, 15) is 0 Å². The summed E-state index contributed by atoms with van der Waals surface area (Å²) >= 11 is 1.81. The van der Waals surface area contributed by atoms with Crippen molar-refractivity contribution in [2.75, 3.05) is 0 Å². The molecule has 1 aromatic heterocycles. The smallest absolute Gasteiger partial charge is 0.166 e. The van der Waals surface area contributed by atoms with Gasteiger partial charge in [-0.15, -0.1) is 16.9 Å². The molecule has 5 heteroatoms. The van der Waals surface area contributed by atoms with E-state index in [0.717, 1.165) is 23.0 Å². The van der Waals surface area contributed by atoms with Crippen molar-refractivity contribution in [3.05, 3.63) is 72.1 Å². The Hall–Kier alpha value is -2.14. The first kappa shape index (κ1) is 12.9. The third-order valence-electron chi connectivity index (χ3n) is 2.88. The predicted molar refractivity (Wildman–Crippen MR) is 80.6 cm³/mol. The summed E-state index contributed by atoms with van der Waals surface area (Å²) in [6, 6.07) is 20.4. The number of tetrazole rings is 1. The molecule has 4 nitrogen and oxygen atoms in total. The van der Waals surface area contributed by atoms with E-state index in [-0.39, 0.29) is 0 Å². The summed E-state index contributed by atoms with van der Waals surface area (Å²) in [6.07, 6.45) is 0. The molecule has 0 bridgehead atoms. The first-order chi connectivity index (χ1) is 9.93. The van der Waals surface area contributed by atoms with Gasteiger partial charge in [0, 0.05) is 5.75 Å². The Bertz CT molecular complexity index is 652. The predicted octanol–water partition coefficient (Wildman–Crippen LogP) is 3.10. The first-order valence-electron chi connectivity index (χ1n) is 6.38. The van der Waals surface area contributed by atoms with E-state index >= 15 is 0 Å². The third-order valence-corrected chi connectivity index (χ3v) is 3.88. The van der Waals surface area contributed by atoms with Crippen LogP contribution in [-0.4, -0.2) is 20.2 Å². The third kappa shape index (κ3) is 3.05. The molecule has 1 heterocycles. The molecule has 3 aromatic rings. The maximum absolute atomic E-state index is 4.10. The quantitative estimate of drug-likeness (QED) is 0.721. The van der Waals surface area contributed by atoms with Gasteiger partial charge in [-0.2, -0.15) is 4.68 Å². The van der Waals surface area contributed by atoms with E-state index < -0.39 is 0 Å². The summed E-state index contributed by atoms with van der Waals surface area (Å²) in [5.41, 5.74) is 2.31. The molecule has 0 aliphatic rings. The molecule has 0 atom stereocenters. The summed E-state index contributed by atoms with van der Waals surface area (Å²) in [4.78, 5) is 0. The summed E-state index contributed by atoms with van der Waals surface area (Å²) in [5.74, 6) is 2.62. The van der Waals surface area contributed by atoms with Crippen LogP contribution in [0, 0.1) is 0 Å². The zero-order chi connectivity index (χ0) is 13.6. The van der Waals surface area contributed by atoms with Gasteiger partial charge in [-0.3, -0.25) is 0 Å². The number of para-hydroxylation sites is 1. The van der Waals surface area contributed by atoms with Crippen molar-refractivity contribution in [1.29, 1.82) is 0 Å². The van der Waals surface area contributed by atoms with Gasteiger partial charge >= 0.3 is 0 Å². The maximum atomic E-state index is 4.10. The maximum Gasteiger partial charge on any atom is 0.166 e. The molecule has 0 aliphatic carbocycles. The molecule has 3 rings (SSSR count). The first-order valence-corrected chi connectivity index (χ1v) is 7.53. The lowest BCUT2D eigenvalue weighted by Crippen LogP contribution is -2.01. The van der Waals surface area contributed by atoms with Gasteiger partial charge in [-0.05, 0) is 28.1 Å². The Kier molecular flexibility index (Phi) is 4.08. The van der Waals surface area contributed by atoms with Gasteiger partial charge in [-0.1, -0.05) is 48.5 Å². The van der Waals surface area contributed by atoms with E-state index in [1.54, 1.807) is 4.68 Å². The lowest BCUT2D eigenvalue weighted by molar-refractivity contribution is 0.777. The zero-order valence-corrected chi connectivity index (χ0v) is 11.7. The van der Waals surface area contributed by atoms with Crippen LogP contribution in [0.2, 0.25) is 0 Å². The van der Waals surface area contributed by atoms with E-state index in [1.807, 2.05) is 48.2 Å². The van der Waals surface area contributed by atoms with Crippen molar-refractivity contribution in [2.24, 2.45) is 0 Å². The number of nitrogens with zero attached hydrogens (tertiary/aromatic N) is 4. The molecule has 0 unspecified atom stereocenters. The molecule has 0 fully saturated rings. The highest BCUT2D eigenvalue weighted by Gasteiger charge is 2.07. The minimum Gasteiger partial charge on any atom is -0.196 e. The molecule has 100 valence electrons. The normalized spacial score (nSPS) is 10.6. The molecule has 0 saturated carbocycles. The lowest BCUT2D eigenvalue weighted by Gasteiger charge is -2.04. The fourth-order valence-electron chi connectivity index (χ4n) is 1.90. The Morgan fingerprint density at radius 2 is 1.55 bits per heavy atom. The van der Waals surface area contributed by atoms with Crippen molar-refractivity contribution < 1.29 is 0 Å². The number of rotatable bonds is 5. The highest BCUT2D eigenvalue weighted by Crippen LogP contribution is 2.17. The van der Waals surface area contributed by atoms with Crippen molar-refractivity contribution in [1.82, 2.24) is 20.2 Å². The van der Waals surface area contributed by atoms with Crippen molar-refractivity contribution in [3.8, 4) is 5.69 Å². The highest BCUT2D eigenvalue weighted by atomic mass is 32.2. The number of thioether (sulfide) groups is 1. The van der Waals surface area contributed by atoms with Gasteiger partial charge in [0.15, 0.2) is 5.82 Å². The van der Waals surface area contributed by atoms with Gasteiger partial charge in [0.05, 0.1) is 11.4 Å². The van der Waals surface area contributed by atoms with Gasteiger partial charge in [0.1, 0.15) is 0 Å². The van der Waals surface area contributed by atoms with E-state index in [1.165, 1.54) is 5.56 Å². The molecular weight excluding hydrogens is 268 g/mol. The Balaban J connectivity index is 1.66. The van der Waals surface area contributed by atoms with Gasteiger partial charge < -0.3 is 0 Å². The molecule has 0 spiro atoms. The average molecular weight is 282 g/mol. The molecular formula is C15H14N4S. The van der Waals surface area contributed by atoms with Crippen LogP contribution in [0.4, 0.5) is 0 Å². The van der Waals surface area contributed by atoms with Crippen LogP contribution < -0.4 is 0 Å². The topological polar surface area (TPSA) is 43.6 Å². The minimum absolute atomic E-state index is 0.788. The Morgan fingerprint density at radius 3 is 2.30 bits per heavy atom. The second-order valence-electron chi connectivity index (χ2n) is 4.32. The van der Waals surface area contributed by atoms with Crippen LogP contribution in [-0.2, 0) is 11.5 Å². The Labute approximate surface area is 121 Å². The van der Waals surface area contributed by atoms with Gasteiger partial charge in [-0.25, -0.2) is 0 Å². The average Bonchev–Trinajstić information content (AvgIpc) is 2.98. The summed E-state index contributed by atoms with van der Waals surface area (Å²) < 4.78 is 1.79. The van der Waals surface area contributed by atoms with Crippen molar-refractivity contribution in [3.63, 3.8) is 0 Å². The lowest BCUT2D eigenvalue weighted by atomic mass is 10.2. The molecule has 0 radical (unpaired) electrons. The van der Waals surface area contributed by atoms with Gasteiger partial charge in [0.25, 0.3) is 0 Å². The largest absolute Gasteiger partial charge is 0.196 e. The van der Waals surface area contributed by atoms with Crippen LogP contribution in [0.3, 0.4) is 0 Å². The van der Waals surface area contributed by atoms with Gasteiger partial charge in [0.2, 0.25) is 0 Å². The van der Waals surface area contributed by atoms with E-state index in [0.29, 0.717) is 0 Å². The monoisotopic (exact) mass is 282 g/mol. The molecule has 0 saturated heterocycles. The Morgan fingerprint density at radius 1 is 0.850 bits per heavy atom. The van der Waals surface area contributed by atoms with E-state index in [4.69, 9.17) is 0 Å². The second-order valence-corrected chi connectivity index (χ2v) is 5.31. The fraction of sp³-hybridized carbons (Fsp3) is 0.133. The van der Waals surface area contributed by atoms with Crippen LogP contribution in [0.5, 0.6) is 0 Å². The standard InChI is InChI=1S/C15H14N4S/c1-3-7-13(8-4-1)11-20-12-15-16-17-18-19(15)14-9-5-2-6-10-14/h1-10H,11-12H2. The van der Waals surface area contributed by atoms with Crippen molar-refractivity contribution >= 4 is 11.8 Å². The summed E-state index contributed by atoms with van der Waals surface area (Å²) in [7, 11) is 0. The molecule has 2 aromatic carbocycles. The number of hydrogen-bond donors (Lipinski definition) is 0. The number of hydrogen-bond acceptors (Lipinski definition) is 4. The molecule has 0 aliphatic heterocycles. The van der Waals surface area contributed by atoms with E-state index in [2.05, 4.69) is 39.8 Å². The second kappa shape index (κ2) is 6.34. The fourth-order valence-corrected chi connectivity index (χ4v) is 2.79. The van der Waals surface area contributed by atoms with Crippen LogP contribution >= 0.6 is 11.8 Å². The van der Waals surface area contributed by atoms with Crippen LogP contribution in [0.1, 0.15) is 11.4 Å². The molecule has 0 N–H and O–H groups in total. The van der Waals surface area contributed by atoms with Crippen LogP contribution in [0.25, 0.3) is 5.69 Å². The number of aromatic nitrogens is 4. The minimum atomic E-state index is 0.788. The number of benzene rings is 2. The zero-order valence-electron chi connectivity index (χ0n) is 10.9. The molecule has 20 heavy (non-hydrogen) atoms. The van der Waals surface area contributed by atoms with Crippen LogP contribution in [0.15, 0.2) is 60.7 Å². The molecule has 0 amide bonds. The summed E-state index contributed by atoms with van der Waals surface area (Å²) in [5, 5.41) is 11.9.